The fraction of sp³-hybridized carbons (Fsp3) is 0.750. The molecule has 0 spiro atoms. The van der Waals surface area contributed by atoms with Gasteiger partial charge in [-0.05, 0) is 57.8 Å². The van der Waals surface area contributed by atoms with E-state index in [1.54, 1.807) is 6.08 Å². The van der Waals surface area contributed by atoms with Crippen LogP contribution in [-0.2, 0) is 18.4 Å². The number of carbonyl (C=O) groups is 1. The normalized spacial score (nSPS) is 15.4. The minimum Gasteiger partial charge on any atom is -0.387 e. The number of nitrogens with zero attached hydrogens (tertiary/aromatic N) is 1. The number of amides is 1. The molecule has 1 amide bonds. The largest absolute Gasteiger partial charge is 0.472 e. The van der Waals surface area contributed by atoms with Crippen molar-refractivity contribution in [3.63, 3.8) is 0 Å². The van der Waals surface area contributed by atoms with Crippen molar-refractivity contribution in [3.8, 4) is 0 Å². The summed E-state index contributed by atoms with van der Waals surface area (Å²) in [6.45, 7) is 4.63. The summed E-state index contributed by atoms with van der Waals surface area (Å²) < 4.78 is 23.3. The molecule has 3 N–H and O–H groups in total. The maximum Gasteiger partial charge on any atom is 0.472 e. The number of hydrogen-bond donors (Lipinski definition) is 3. The van der Waals surface area contributed by atoms with E-state index < -0.39 is 20.0 Å². The molecule has 0 bridgehead atoms. The second-order valence-electron chi connectivity index (χ2n) is 12.9. The lowest BCUT2D eigenvalue weighted by Crippen LogP contribution is -2.45. The monoisotopic (exact) mass is 655 g/mol. The van der Waals surface area contributed by atoms with Gasteiger partial charge in [0, 0.05) is 6.42 Å². The highest BCUT2D eigenvalue weighted by molar-refractivity contribution is 7.47. The quantitative estimate of drug-likeness (QED) is 0.0310. The van der Waals surface area contributed by atoms with Crippen molar-refractivity contribution in [2.75, 3.05) is 40.9 Å². The predicted octanol–water partition coefficient (Wildman–Crippen LogP) is 8.57. The molecule has 262 valence electrons. The number of aliphatic hydroxyl groups is 1. The molecule has 3 unspecified atom stereocenters. The Labute approximate surface area is 276 Å². The highest BCUT2D eigenvalue weighted by Gasteiger charge is 2.27. The van der Waals surface area contributed by atoms with Gasteiger partial charge in [-0.25, -0.2) is 4.57 Å². The molecule has 0 aliphatic carbocycles. The number of aliphatic hydroxyl groups excluding tert-OH is 1. The Balaban J connectivity index is 4.66. The van der Waals surface area contributed by atoms with Crippen molar-refractivity contribution in [2.45, 2.75) is 135 Å². The number of unbranched alkanes of at least 4 members (excludes halogenated alkanes) is 11. The van der Waals surface area contributed by atoms with E-state index >= 15 is 0 Å². The molecule has 0 aliphatic rings. The zero-order chi connectivity index (χ0) is 33.7. The second kappa shape index (κ2) is 28.7. The third-order valence-corrected chi connectivity index (χ3v) is 8.24. The van der Waals surface area contributed by atoms with Crippen molar-refractivity contribution in [1.29, 1.82) is 0 Å². The first-order chi connectivity index (χ1) is 21.5. The van der Waals surface area contributed by atoms with Crippen LogP contribution in [0.2, 0.25) is 0 Å². The van der Waals surface area contributed by atoms with E-state index in [0.717, 1.165) is 70.6 Å². The minimum atomic E-state index is -4.34. The van der Waals surface area contributed by atoms with Crippen LogP contribution in [0.5, 0.6) is 0 Å². The smallest absolute Gasteiger partial charge is 0.387 e. The predicted molar refractivity (Wildman–Crippen MR) is 189 cm³/mol. The Kier molecular flexibility index (Phi) is 27.7. The van der Waals surface area contributed by atoms with E-state index in [-0.39, 0.29) is 19.1 Å². The van der Waals surface area contributed by atoms with E-state index in [1.165, 1.54) is 32.1 Å². The van der Waals surface area contributed by atoms with E-state index in [0.29, 0.717) is 17.4 Å². The van der Waals surface area contributed by atoms with Crippen LogP contribution in [-0.4, -0.2) is 73.4 Å². The molecule has 0 saturated heterocycles. The number of hydrogen-bond acceptors (Lipinski definition) is 5. The first-order valence-electron chi connectivity index (χ1n) is 17.5. The summed E-state index contributed by atoms with van der Waals surface area (Å²) in [5, 5.41) is 13.6. The van der Waals surface area contributed by atoms with Crippen molar-refractivity contribution in [2.24, 2.45) is 0 Å². The van der Waals surface area contributed by atoms with Crippen molar-refractivity contribution in [3.05, 3.63) is 48.6 Å². The first-order valence-corrected chi connectivity index (χ1v) is 19.0. The third kappa shape index (κ3) is 30.9. The van der Waals surface area contributed by atoms with Crippen LogP contribution in [0.15, 0.2) is 48.6 Å². The van der Waals surface area contributed by atoms with Gasteiger partial charge in [-0.2, -0.15) is 0 Å². The third-order valence-electron chi connectivity index (χ3n) is 7.25. The summed E-state index contributed by atoms with van der Waals surface area (Å²) in [5.74, 6) is -0.208. The molecule has 0 radical (unpaired) electrons. The van der Waals surface area contributed by atoms with Gasteiger partial charge in [-0.3, -0.25) is 13.8 Å². The maximum absolute atomic E-state index is 12.7. The number of rotatable bonds is 30. The minimum absolute atomic E-state index is 0.0512. The molecule has 0 aromatic carbocycles. The van der Waals surface area contributed by atoms with E-state index in [2.05, 4.69) is 55.6 Å². The standard InChI is InChI=1S/C36H67N2O6P/c1-6-8-10-12-14-16-18-19-20-22-24-26-28-30-36(40)37-34(33-44-45(41,42)43-32-31-38(3,4)5)35(39)29-27-25-23-21-17-15-13-11-9-7-2/h10,12,16-18,21,27,29,34-35,39H,6-9,11,13-15,19-20,22-26,28,30-33H2,1-5H3,(H-,37,40,41,42)/p+1/b12-10-,18-16-,21-17+,29-27+. The molecular formula is C36H68N2O6P+. The second-order valence-corrected chi connectivity index (χ2v) is 14.3. The highest BCUT2D eigenvalue weighted by Crippen LogP contribution is 2.43. The van der Waals surface area contributed by atoms with Gasteiger partial charge in [0.1, 0.15) is 13.2 Å². The van der Waals surface area contributed by atoms with Crippen LogP contribution in [0.4, 0.5) is 0 Å². The molecule has 8 nitrogen and oxygen atoms in total. The van der Waals surface area contributed by atoms with Crippen molar-refractivity contribution in [1.82, 2.24) is 5.32 Å². The maximum atomic E-state index is 12.7. The molecule has 0 fully saturated rings. The molecular weight excluding hydrogens is 587 g/mol. The summed E-state index contributed by atoms with van der Waals surface area (Å²) in [6, 6.07) is -0.867. The fourth-order valence-corrected chi connectivity index (χ4v) is 5.12. The van der Waals surface area contributed by atoms with E-state index in [9.17, 15) is 19.4 Å². The van der Waals surface area contributed by atoms with Crippen LogP contribution < -0.4 is 5.32 Å². The van der Waals surface area contributed by atoms with Gasteiger partial charge in [0.15, 0.2) is 0 Å². The Morgan fingerprint density at radius 2 is 1.33 bits per heavy atom. The molecule has 0 aliphatic heterocycles. The van der Waals surface area contributed by atoms with Gasteiger partial charge < -0.3 is 19.8 Å². The topological polar surface area (TPSA) is 105 Å². The number of phosphoric acid groups is 1. The summed E-state index contributed by atoms with van der Waals surface area (Å²) >= 11 is 0. The van der Waals surface area contributed by atoms with Crippen LogP contribution in [0.3, 0.4) is 0 Å². The number of nitrogens with one attached hydrogen (secondary N) is 1. The van der Waals surface area contributed by atoms with Gasteiger partial charge in [-0.1, -0.05) is 107 Å². The Morgan fingerprint density at radius 3 is 2.00 bits per heavy atom. The van der Waals surface area contributed by atoms with Crippen LogP contribution in [0, 0.1) is 0 Å². The van der Waals surface area contributed by atoms with E-state index in [1.807, 2.05) is 27.2 Å². The summed E-state index contributed by atoms with van der Waals surface area (Å²) in [5.41, 5.74) is 0. The van der Waals surface area contributed by atoms with Gasteiger partial charge in [0.05, 0.1) is 39.9 Å². The molecule has 0 heterocycles. The number of allylic oxidation sites excluding steroid dienone is 7. The molecule has 0 aromatic heterocycles. The molecule has 0 saturated carbocycles. The number of likely N-dealkylation sites (N-methyl/N-ethyl adjacent to an activating group) is 1. The molecule has 3 atom stereocenters. The molecule has 0 rings (SSSR count). The number of quaternary nitrogens is 1. The Hall–Kier alpha value is -1.54. The zero-order valence-electron chi connectivity index (χ0n) is 29.3. The van der Waals surface area contributed by atoms with Gasteiger partial charge in [0.25, 0.3) is 0 Å². The lowest BCUT2D eigenvalue weighted by molar-refractivity contribution is -0.870. The molecule has 9 heteroatoms. The number of carbonyl (C=O) groups excluding carboxylic acids is 1. The Bertz CT molecular complexity index is 881. The first kappa shape index (κ1) is 43.5. The van der Waals surface area contributed by atoms with Gasteiger partial charge in [-0.15, -0.1) is 0 Å². The highest BCUT2D eigenvalue weighted by atomic mass is 31.2. The van der Waals surface area contributed by atoms with Crippen LogP contribution >= 0.6 is 7.82 Å². The van der Waals surface area contributed by atoms with Crippen LogP contribution in [0.25, 0.3) is 0 Å². The van der Waals surface area contributed by atoms with Gasteiger partial charge >= 0.3 is 7.82 Å². The van der Waals surface area contributed by atoms with E-state index in [4.69, 9.17) is 9.05 Å². The van der Waals surface area contributed by atoms with Gasteiger partial charge in [0.2, 0.25) is 5.91 Å². The number of phosphoric ester groups is 1. The summed E-state index contributed by atoms with van der Waals surface area (Å²) in [7, 11) is 1.53. The average Bonchev–Trinajstić information content (AvgIpc) is 2.97. The van der Waals surface area contributed by atoms with Crippen molar-refractivity contribution >= 4 is 13.7 Å². The summed E-state index contributed by atoms with van der Waals surface area (Å²) in [6.07, 6.45) is 33.2. The molecule has 0 aromatic rings. The Morgan fingerprint density at radius 1 is 0.756 bits per heavy atom. The lowest BCUT2D eigenvalue weighted by atomic mass is 10.1. The fourth-order valence-electron chi connectivity index (χ4n) is 4.38. The van der Waals surface area contributed by atoms with Crippen LogP contribution in [0.1, 0.15) is 123 Å². The SMILES string of the molecule is CCC/C=C\C/C=C\CCCCCCCC(=O)NC(COP(=O)(O)OCC[N+](C)(C)C)C(O)/C=C/CC/C=C/CCCCCC. The van der Waals surface area contributed by atoms with Crippen molar-refractivity contribution < 1.29 is 32.9 Å². The summed E-state index contributed by atoms with van der Waals surface area (Å²) in [4.78, 5) is 22.9. The average molecular weight is 656 g/mol. The lowest BCUT2D eigenvalue weighted by Gasteiger charge is -2.25. The zero-order valence-corrected chi connectivity index (χ0v) is 30.2. The molecule has 45 heavy (non-hydrogen) atoms.